The molecule has 23 heavy (non-hydrogen) atoms. The maximum Gasteiger partial charge on any atom is 0.313 e. The zero-order valence-electron chi connectivity index (χ0n) is 11.8. The molecule has 2 rings (SSSR count). The van der Waals surface area contributed by atoms with Crippen molar-refractivity contribution in [1.82, 2.24) is 10.3 Å². The van der Waals surface area contributed by atoms with Gasteiger partial charge in [0.1, 0.15) is 0 Å². The van der Waals surface area contributed by atoms with E-state index in [1.807, 2.05) is 0 Å². The average Bonchev–Trinajstić information content (AvgIpc) is 2.53. The number of benzene rings is 1. The van der Waals surface area contributed by atoms with Gasteiger partial charge in [0.05, 0.1) is 0 Å². The van der Waals surface area contributed by atoms with Gasteiger partial charge in [-0.25, -0.2) is 0 Å². The van der Waals surface area contributed by atoms with E-state index < -0.39 is 17.6 Å². The third-order valence-corrected chi connectivity index (χ3v) is 3.43. The molecule has 0 atom stereocenters. The minimum atomic E-state index is -2.55. The second-order valence-corrected chi connectivity index (χ2v) is 5.46. The number of carbonyl (C=O) groups excluding carboxylic acids is 2. The van der Waals surface area contributed by atoms with E-state index in [0.717, 1.165) is 5.56 Å². The van der Waals surface area contributed by atoms with Crippen LogP contribution in [0.15, 0.2) is 53.7 Å². The first kappa shape index (κ1) is 16.9. The van der Waals surface area contributed by atoms with Crippen LogP contribution in [0.3, 0.4) is 0 Å². The van der Waals surface area contributed by atoms with Gasteiger partial charge in [-0.2, -0.15) is 8.78 Å². The number of nitrogens with one attached hydrogen (secondary N) is 2. The first-order valence-electron chi connectivity index (χ1n) is 6.57. The lowest BCUT2D eigenvalue weighted by atomic mass is 10.2. The topological polar surface area (TPSA) is 71.1 Å². The van der Waals surface area contributed by atoms with Gasteiger partial charge in [-0.15, -0.1) is 0 Å². The molecule has 0 fully saturated rings. The average molecular weight is 337 g/mol. The first-order chi connectivity index (χ1) is 11.0. The lowest BCUT2D eigenvalue weighted by molar-refractivity contribution is -0.136. The Bertz CT molecular complexity index is 683. The molecule has 8 heteroatoms. The van der Waals surface area contributed by atoms with Gasteiger partial charge < -0.3 is 10.6 Å². The summed E-state index contributed by atoms with van der Waals surface area (Å²) < 4.78 is 24.6. The van der Waals surface area contributed by atoms with Gasteiger partial charge in [0.25, 0.3) is 5.76 Å². The highest BCUT2D eigenvalue weighted by atomic mass is 32.2. The molecule has 0 aliphatic carbocycles. The van der Waals surface area contributed by atoms with Gasteiger partial charge in [-0.1, -0.05) is 17.8 Å². The molecule has 0 radical (unpaired) electrons. The number of thioether (sulfide) groups is 1. The number of alkyl halides is 2. The van der Waals surface area contributed by atoms with Crippen LogP contribution in [-0.2, 0) is 16.1 Å². The van der Waals surface area contributed by atoms with Crippen LogP contribution >= 0.6 is 11.8 Å². The third-order valence-electron chi connectivity index (χ3n) is 2.73. The Morgan fingerprint density at radius 2 is 1.87 bits per heavy atom. The van der Waals surface area contributed by atoms with Crippen molar-refractivity contribution < 1.29 is 18.4 Å². The van der Waals surface area contributed by atoms with Crippen molar-refractivity contribution in [3.8, 4) is 0 Å². The van der Waals surface area contributed by atoms with E-state index in [2.05, 4.69) is 15.6 Å². The molecule has 0 bridgehead atoms. The number of nitrogens with zero attached hydrogens (tertiary/aromatic N) is 1. The highest BCUT2D eigenvalue weighted by molar-refractivity contribution is 7.99. The Hall–Kier alpha value is -2.48. The summed E-state index contributed by atoms with van der Waals surface area (Å²) >= 11 is 0.365. The summed E-state index contributed by atoms with van der Waals surface area (Å²) in [6.07, 6.45) is 3.15. The van der Waals surface area contributed by atoms with Crippen molar-refractivity contribution in [3.63, 3.8) is 0 Å². The van der Waals surface area contributed by atoms with E-state index in [4.69, 9.17) is 0 Å². The quantitative estimate of drug-likeness (QED) is 0.650. The van der Waals surface area contributed by atoms with Crippen LogP contribution in [0.1, 0.15) is 5.56 Å². The van der Waals surface area contributed by atoms with E-state index in [0.29, 0.717) is 16.7 Å². The number of carbonyl (C=O) groups is 2. The molecule has 0 aliphatic heterocycles. The Kier molecular flexibility index (Phi) is 6.04. The summed E-state index contributed by atoms with van der Waals surface area (Å²) in [5.74, 6) is -4.23. The molecule has 2 amide bonds. The molecule has 1 heterocycles. The van der Waals surface area contributed by atoms with Gasteiger partial charge in [0.2, 0.25) is 0 Å². The number of amides is 2. The van der Waals surface area contributed by atoms with Gasteiger partial charge in [-0.3, -0.25) is 14.6 Å². The summed E-state index contributed by atoms with van der Waals surface area (Å²) in [6.45, 7) is 0.191. The molecule has 0 spiro atoms. The predicted octanol–water partition coefficient (Wildman–Crippen LogP) is 2.65. The monoisotopic (exact) mass is 337 g/mol. The molecule has 0 unspecified atom stereocenters. The molecule has 2 aromatic rings. The number of hydrogen-bond acceptors (Lipinski definition) is 4. The van der Waals surface area contributed by atoms with Crippen molar-refractivity contribution in [2.24, 2.45) is 0 Å². The van der Waals surface area contributed by atoms with E-state index in [-0.39, 0.29) is 12.2 Å². The van der Waals surface area contributed by atoms with E-state index >= 15 is 0 Å². The summed E-state index contributed by atoms with van der Waals surface area (Å²) in [7, 11) is 0. The Morgan fingerprint density at radius 1 is 1.13 bits per heavy atom. The smallest absolute Gasteiger partial charge is 0.313 e. The maximum atomic E-state index is 12.3. The largest absolute Gasteiger partial charge is 0.344 e. The van der Waals surface area contributed by atoms with Gasteiger partial charge in [-0.05, 0) is 35.9 Å². The SMILES string of the molecule is O=C(NCc1ccncc1)C(=O)Nc1cccc(SC(F)F)c1. The first-order valence-corrected chi connectivity index (χ1v) is 7.45. The fraction of sp³-hybridized carbons (Fsp3) is 0.133. The van der Waals surface area contributed by atoms with E-state index in [1.165, 1.54) is 24.3 Å². The van der Waals surface area contributed by atoms with Gasteiger partial charge >= 0.3 is 11.8 Å². The van der Waals surface area contributed by atoms with E-state index in [1.54, 1.807) is 24.5 Å². The molecule has 5 nitrogen and oxygen atoms in total. The number of hydrogen-bond donors (Lipinski definition) is 2. The fourth-order valence-corrected chi connectivity index (χ4v) is 2.26. The lowest BCUT2D eigenvalue weighted by Crippen LogP contribution is -2.34. The molecule has 1 aromatic carbocycles. The molecule has 0 saturated carbocycles. The fourth-order valence-electron chi connectivity index (χ4n) is 1.70. The highest BCUT2D eigenvalue weighted by Gasteiger charge is 2.14. The van der Waals surface area contributed by atoms with Crippen molar-refractivity contribution in [2.45, 2.75) is 17.2 Å². The second kappa shape index (κ2) is 8.23. The van der Waals surface area contributed by atoms with Crippen molar-refractivity contribution in [3.05, 3.63) is 54.4 Å². The summed E-state index contributed by atoms with van der Waals surface area (Å²) in [5.41, 5.74) is 1.08. The van der Waals surface area contributed by atoms with Gasteiger partial charge in [0, 0.05) is 29.5 Å². The van der Waals surface area contributed by atoms with Crippen LogP contribution in [0, 0.1) is 0 Å². The summed E-state index contributed by atoms with van der Waals surface area (Å²) in [4.78, 5) is 27.6. The maximum absolute atomic E-state index is 12.3. The van der Waals surface area contributed by atoms with Crippen molar-refractivity contribution in [2.75, 3.05) is 5.32 Å². The number of pyridine rings is 1. The standard InChI is InChI=1S/C15H13F2N3O2S/c16-15(17)23-12-3-1-2-11(8-12)20-14(22)13(21)19-9-10-4-6-18-7-5-10/h1-8,15H,9H2,(H,19,21)(H,20,22). The lowest BCUT2D eigenvalue weighted by Gasteiger charge is -2.08. The molecule has 1 aromatic heterocycles. The van der Waals surface area contributed by atoms with Gasteiger partial charge in [0.15, 0.2) is 0 Å². The predicted molar refractivity (Wildman–Crippen MR) is 83.0 cm³/mol. The van der Waals surface area contributed by atoms with Crippen LogP contribution < -0.4 is 10.6 Å². The number of anilines is 1. The van der Waals surface area contributed by atoms with E-state index in [9.17, 15) is 18.4 Å². The zero-order valence-corrected chi connectivity index (χ0v) is 12.6. The van der Waals surface area contributed by atoms with Crippen LogP contribution in [0.4, 0.5) is 14.5 Å². The molecule has 120 valence electrons. The Balaban J connectivity index is 1.89. The zero-order chi connectivity index (χ0) is 16.7. The summed E-state index contributed by atoms with van der Waals surface area (Å²) in [6, 6.07) is 9.34. The molecular weight excluding hydrogens is 324 g/mol. The highest BCUT2D eigenvalue weighted by Crippen LogP contribution is 2.27. The van der Waals surface area contributed by atoms with Crippen molar-refractivity contribution in [1.29, 1.82) is 0 Å². The minimum absolute atomic E-state index is 0.191. The second-order valence-electron chi connectivity index (χ2n) is 4.40. The summed E-state index contributed by atoms with van der Waals surface area (Å²) in [5, 5.41) is 4.83. The molecular formula is C15H13F2N3O2S. The molecule has 2 N–H and O–H groups in total. The third kappa shape index (κ3) is 5.67. The Labute approximate surface area is 135 Å². The number of aromatic nitrogens is 1. The molecule has 0 aliphatic rings. The minimum Gasteiger partial charge on any atom is -0.344 e. The van der Waals surface area contributed by atoms with Crippen LogP contribution in [0.5, 0.6) is 0 Å². The number of rotatable bonds is 5. The van der Waals surface area contributed by atoms with Crippen LogP contribution in [0.25, 0.3) is 0 Å². The van der Waals surface area contributed by atoms with Crippen LogP contribution in [-0.4, -0.2) is 22.6 Å². The van der Waals surface area contributed by atoms with Crippen LogP contribution in [0.2, 0.25) is 0 Å². The molecule has 0 saturated heterocycles. The number of halogens is 2. The Morgan fingerprint density at radius 3 is 2.57 bits per heavy atom. The van der Waals surface area contributed by atoms with Crippen molar-refractivity contribution >= 4 is 29.3 Å². The normalized spacial score (nSPS) is 10.4.